The van der Waals surface area contributed by atoms with Gasteiger partial charge in [-0.25, -0.2) is 0 Å². The molecule has 5 heteroatoms. The second-order valence-electron chi connectivity index (χ2n) is 4.24. The Bertz CT molecular complexity index is 368. The molecule has 0 atom stereocenters. The first-order chi connectivity index (χ1) is 8.00. The summed E-state index contributed by atoms with van der Waals surface area (Å²) in [5.41, 5.74) is 0.415. The van der Waals surface area contributed by atoms with E-state index >= 15 is 0 Å². The monoisotopic (exact) mass is 350 g/mol. The molecule has 1 aromatic carbocycles. The van der Waals surface area contributed by atoms with Crippen LogP contribution in [-0.4, -0.2) is 33.3 Å². The second-order valence-corrected chi connectivity index (χ2v) is 5.19. The van der Waals surface area contributed by atoms with Gasteiger partial charge in [0, 0.05) is 0 Å². The minimum absolute atomic E-state index is 0.317. The fraction of sp³-hybridized carbons (Fsp3) is 0.500. The van der Waals surface area contributed by atoms with Crippen molar-refractivity contribution < 1.29 is 17.9 Å². The standard InChI is InChI=1S/C12H12F3O.Sn.H/c1-16-11-6-9(7-11)8-2-4-10(5-3-8)12(13,14)15;;/h2-5,9,11H,1,6-7H2;;. The van der Waals surface area contributed by atoms with Gasteiger partial charge in [0.05, 0.1) is 0 Å². The quantitative estimate of drug-likeness (QED) is 0.763. The first-order valence-corrected chi connectivity index (χ1v) is 7.82. The van der Waals surface area contributed by atoms with Crippen LogP contribution in [0.5, 0.6) is 0 Å². The van der Waals surface area contributed by atoms with E-state index in [0.29, 0.717) is 12.0 Å². The van der Waals surface area contributed by atoms with Gasteiger partial charge in [-0.3, -0.25) is 0 Å². The topological polar surface area (TPSA) is 9.23 Å². The fourth-order valence-electron chi connectivity index (χ4n) is 2.05. The van der Waals surface area contributed by atoms with Crippen molar-refractivity contribution in [1.29, 1.82) is 0 Å². The van der Waals surface area contributed by atoms with Crippen LogP contribution < -0.4 is 0 Å². The average Bonchev–Trinajstić information content (AvgIpc) is 2.22. The summed E-state index contributed by atoms with van der Waals surface area (Å²) in [5.74, 6) is 0.370. The number of rotatable bonds is 3. The Hall–Kier alpha value is -0.231. The van der Waals surface area contributed by atoms with Crippen LogP contribution in [0.15, 0.2) is 24.3 Å². The van der Waals surface area contributed by atoms with Gasteiger partial charge in [-0.15, -0.1) is 0 Å². The Kier molecular flexibility index (Phi) is 4.02. The maximum absolute atomic E-state index is 12.4. The Balaban J connectivity index is 1.96. The van der Waals surface area contributed by atoms with Gasteiger partial charge in [0.25, 0.3) is 0 Å². The zero-order valence-corrected chi connectivity index (χ0v) is 12.5. The van der Waals surface area contributed by atoms with Crippen molar-refractivity contribution in [2.75, 3.05) is 4.62 Å². The molecule has 1 fully saturated rings. The van der Waals surface area contributed by atoms with Crippen LogP contribution in [0.4, 0.5) is 13.2 Å². The van der Waals surface area contributed by atoms with Crippen LogP contribution in [0, 0.1) is 0 Å². The molecule has 0 saturated heterocycles. The fourth-order valence-corrected chi connectivity index (χ4v) is 2.83. The summed E-state index contributed by atoms with van der Waals surface area (Å²) in [6, 6.07) is 5.50. The average molecular weight is 349 g/mol. The molecule has 0 aromatic heterocycles. The zero-order valence-electron chi connectivity index (χ0n) is 9.20. The molecule has 0 heterocycles. The molecule has 0 bridgehead atoms. The van der Waals surface area contributed by atoms with Crippen LogP contribution >= 0.6 is 0 Å². The number of ether oxygens (including phenoxy) is 1. The summed E-state index contributed by atoms with van der Waals surface area (Å²) >= 11 is 1.09. The van der Waals surface area contributed by atoms with Crippen LogP contribution in [0.1, 0.15) is 29.9 Å². The number of hydrogen-bond acceptors (Lipinski definition) is 1. The summed E-state index contributed by atoms with van der Waals surface area (Å²) in [5, 5.41) is 0. The molecule has 1 aromatic rings. The van der Waals surface area contributed by atoms with Crippen molar-refractivity contribution in [1.82, 2.24) is 0 Å². The molecule has 1 aliphatic rings. The number of benzene rings is 1. The van der Waals surface area contributed by atoms with Crippen molar-refractivity contribution in [3.8, 4) is 0 Å². The van der Waals surface area contributed by atoms with E-state index in [4.69, 9.17) is 4.74 Å². The van der Waals surface area contributed by atoms with Gasteiger partial charge in [0.1, 0.15) is 0 Å². The number of halogens is 3. The molecule has 0 aliphatic heterocycles. The van der Waals surface area contributed by atoms with Crippen molar-refractivity contribution in [2.45, 2.75) is 31.0 Å². The van der Waals surface area contributed by atoms with Gasteiger partial charge in [0.15, 0.2) is 0 Å². The second kappa shape index (κ2) is 5.18. The summed E-state index contributed by atoms with van der Waals surface area (Å²) in [7, 11) is 0. The van der Waals surface area contributed by atoms with E-state index in [2.05, 4.69) is 0 Å². The van der Waals surface area contributed by atoms with E-state index in [0.717, 1.165) is 57.7 Å². The molecule has 0 amide bonds. The summed E-state index contributed by atoms with van der Waals surface area (Å²) < 4.78 is 43.4. The molecule has 92 valence electrons. The van der Waals surface area contributed by atoms with Crippen LogP contribution in [0.3, 0.4) is 0 Å². The molecule has 1 saturated carbocycles. The number of hydrogen-bond donors (Lipinski definition) is 0. The van der Waals surface area contributed by atoms with Crippen LogP contribution in [0.2, 0.25) is 0 Å². The molecule has 2 radical (unpaired) electrons. The molecular weight excluding hydrogens is 336 g/mol. The maximum atomic E-state index is 12.4. The van der Waals surface area contributed by atoms with Gasteiger partial charge in [-0.05, 0) is 0 Å². The van der Waals surface area contributed by atoms with E-state index in [9.17, 15) is 13.2 Å². The van der Waals surface area contributed by atoms with Crippen LogP contribution in [0.25, 0.3) is 0 Å². The van der Waals surface area contributed by atoms with Crippen molar-refractivity contribution >= 4 is 22.5 Å². The molecule has 17 heavy (non-hydrogen) atoms. The third kappa shape index (κ3) is 3.16. The molecule has 1 aliphatic carbocycles. The van der Waals surface area contributed by atoms with Crippen molar-refractivity contribution in [3.05, 3.63) is 35.4 Å². The normalized spacial score (nSPS) is 24.5. The minimum atomic E-state index is -4.24. The predicted octanol–water partition coefficient (Wildman–Crippen LogP) is 2.83. The predicted molar refractivity (Wildman–Crippen MR) is 60.3 cm³/mol. The van der Waals surface area contributed by atoms with E-state index in [1.54, 1.807) is 12.1 Å². The van der Waals surface area contributed by atoms with Crippen molar-refractivity contribution in [2.24, 2.45) is 0 Å². The molecule has 2 rings (SSSR count). The van der Waals surface area contributed by atoms with Gasteiger partial charge >= 0.3 is 111 Å². The zero-order chi connectivity index (χ0) is 12.5. The SMILES string of the molecule is FC(F)(F)c1ccc(C2CC(O[CH2][SnH])C2)cc1. The molecule has 0 unspecified atom stereocenters. The van der Waals surface area contributed by atoms with E-state index in [-0.39, 0.29) is 0 Å². The summed E-state index contributed by atoms with van der Waals surface area (Å²) in [6.07, 6.45) is -2.05. The van der Waals surface area contributed by atoms with Gasteiger partial charge in [-0.1, -0.05) is 0 Å². The van der Waals surface area contributed by atoms with Gasteiger partial charge in [-0.2, -0.15) is 0 Å². The molecule has 1 nitrogen and oxygen atoms in total. The third-order valence-corrected chi connectivity index (χ3v) is 3.69. The summed E-state index contributed by atoms with van der Waals surface area (Å²) in [6.45, 7) is 0. The van der Waals surface area contributed by atoms with Crippen LogP contribution in [-0.2, 0) is 10.9 Å². The summed E-state index contributed by atoms with van der Waals surface area (Å²) in [4.78, 5) is 0. The van der Waals surface area contributed by atoms with Gasteiger partial charge in [0.2, 0.25) is 0 Å². The number of alkyl halides is 3. The van der Waals surface area contributed by atoms with Gasteiger partial charge < -0.3 is 0 Å². The Morgan fingerprint density at radius 1 is 1.18 bits per heavy atom. The molecular formula is C12H13F3OSn. The third-order valence-electron chi connectivity index (χ3n) is 3.14. The Morgan fingerprint density at radius 3 is 2.24 bits per heavy atom. The first-order valence-electron chi connectivity index (χ1n) is 5.49. The molecule has 0 N–H and O–H groups in total. The Labute approximate surface area is 111 Å². The van der Waals surface area contributed by atoms with E-state index in [1.807, 2.05) is 0 Å². The Morgan fingerprint density at radius 2 is 1.76 bits per heavy atom. The molecule has 0 spiro atoms. The van der Waals surface area contributed by atoms with E-state index < -0.39 is 11.7 Å². The first kappa shape index (κ1) is 13.2. The van der Waals surface area contributed by atoms with E-state index in [1.165, 1.54) is 0 Å². The van der Waals surface area contributed by atoms with Crippen molar-refractivity contribution in [3.63, 3.8) is 0 Å².